The molecule has 33 heavy (non-hydrogen) atoms. The highest BCUT2D eigenvalue weighted by Gasteiger charge is 2.15. The van der Waals surface area contributed by atoms with Crippen molar-refractivity contribution in [3.8, 4) is 11.1 Å². The first-order valence-electron chi connectivity index (χ1n) is 11.0. The molecule has 0 bridgehead atoms. The highest BCUT2D eigenvalue weighted by atomic mass is 16.5. The van der Waals surface area contributed by atoms with Crippen LogP contribution in [0.3, 0.4) is 0 Å². The van der Waals surface area contributed by atoms with Crippen molar-refractivity contribution in [3.63, 3.8) is 0 Å². The van der Waals surface area contributed by atoms with Crippen LogP contribution >= 0.6 is 0 Å². The topological polar surface area (TPSA) is 88.2 Å². The van der Waals surface area contributed by atoms with E-state index in [4.69, 9.17) is 9.72 Å². The Labute approximate surface area is 192 Å². The molecule has 1 amide bonds. The number of carbonyl (C=O) groups is 1. The zero-order valence-corrected chi connectivity index (χ0v) is 18.3. The van der Waals surface area contributed by atoms with Crippen LogP contribution in [-0.4, -0.2) is 35.6 Å². The summed E-state index contributed by atoms with van der Waals surface area (Å²) in [4.78, 5) is 20.8. The number of aromatic nitrogens is 2. The minimum absolute atomic E-state index is 0.0838. The minimum atomic E-state index is -0.101. The Morgan fingerprint density at radius 1 is 1.06 bits per heavy atom. The maximum absolute atomic E-state index is 11.5. The van der Waals surface area contributed by atoms with Gasteiger partial charge < -0.3 is 20.7 Å². The van der Waals surface area contributed by atoms with Gasteiger partial charge in [-0.1, -0.05) is 42.5 Å². The lowest BCUT2D eigenvalue weighted by molar-refractivity contribution is -0.114. The molecule has 0 radical (unpaired) electrons. The van der Waals surface area contributed by atoms with Crippen molar-refractivity contribution in [1.82, 2.24) is 15.3 Å². The largest absolute Gasteiger partial charge is 0.371 e. The SMILES string of the molecule is CC(=O)Nc1cccc(-c2cccc3cnc(Nc4ccc(C5CNCCO5)cc4)nc23)c1. The van der Waals surface area contributed by atoms with Crippen LogP contribution in [-0.2, 0) is 9.53 Å². The van der Waals surface area contributed by atoms with Crippen LogP contribution in [0.1, 0.15) is 18.6 Å². The number of nitrogens with zero attached hydrogens (tertiary/aromatic N) is 2. The van der Waals surface area contributed by atoms with Gasteiger partial charge in [0, 0.05) is 48.5 Å². The van der Waals surface area contributed by atoms with E-state index in [2.05, 4.69) is 33.1 Å². The van der Waals surface area contributed by atoms with Crippen molar-refractivity contribution in [2.75, 3.05) is 30.3 Å². The molecule has 2 heterocycles. The van der Waals surface area contributed by atoms with E-state index >= 15 is 0 Å². The van der Waals surface area contributed by atoms with Gasteiger partial charge in [0.2, 0.25) is 11.9 Å². The molecule has 3 N–H and O–H groups in total. The maximum atomic E-state index is 11.5. The number of benzene rings is 3. The van der Waals surface area contributed by atoms with Gasteiger partial charge in [-0.05, 0) is 35.4 Å². The normalized spacial score (nSPS) is 15.8. The van der Waals surface area contributed by atoms with Gasteiger partial charge >= 0.3 is 0 Å². The highest BCUT2D eigenvalue weighted by Crippen LogP contribution is 2.30. The molecule has 1 fully saturated rings. The number of hydrogen-bond acceptors (Lipinski definition) is 6. The number of anilines is 3. The van der Waals surface area contributed by atoms with Gasteiger partial charge in [0.1, 0.15) is 0 Å². The van der Waals surface area contributed by atoms with Crippen molar-refractivity contribution >= 4 is 34.1 Å². The zero-order chi connectivity index (χ0) is 22.6. The number of carbonyl (C=O) groups excluding carboxylic acids is 1. The number of ether oxygens (including phenoxy) is 1. The summed E-state index contributed by atoms with van der Waals surface area (Å²) in [6, 6.07) is 21.9. The summed E-state index contributed by atoms with van der Waals surface area (Å²) in [5, 5.41) is 10.4. The Morgan fingerprint density at radius 3 is 2.70 bits per heavy atom. The summed E-state index contributed by atoms with van der Waals surface area (Å²) in [6.45, 7) is 3.95. The number of fused-ring (bicyclic) bond motifs is 1. The van der Waals surface area contributed by atoms with Crippen LogP contribution in [0, 0.1) is 0 Å². The first-order valence-corrected chi connectivity index (χ1v) is 11.0. The molecular formula is C26H25N5O2. The third-order valence-electron chi connectivity index (χ3n) is 5.57. The lowest BCUT2D eigenvalue weighted by Gasteiger charge is -2.24. The first-order chi connectivity index (χ1) is 16.2. The number of amides is 1. The average Bonchev–Trinajstić information content (AvgIpc) is 2.84. The van der Waals surface area contributed by atoms with Gasteiger partial charge in [-0.3, -0.25) is 4.79 Å². The predicted molar refractivity (Wildman–Crippen MR) is 131 cm³/mol. The van der Waals surface area contributed by atoms with Crippen molar-refractivity contribution in [1.29, 1.82) is 0 Å². The van der Waals surface area contributed by atoms with Crippen molar-refractivity contribution < 1.29 is 9.53 Å². The molecule has 1 aliphatic rings. The summed E-state index contributed by atoms with van der Waals surface area (Å²) < 4.78 is 5.82. The number of para-hydroxylation sites is 1. The van der Waals surface area contributed by atoms with E-state index < -0.39 is 0 Å². The Kier molecular flexibility index (Phi) is 5.97. The zero-order valence-electron chi connectivity index (χ0n) is 18.3. The molecule has 0 saturated carbocycles. The van der Waals surface area contributed by atoms with Crippen molar-refractivity contribution in [3.05, 3.63) is 78.5 Å². The van der Waals surface area contributed by atoms with Crippen LogP contribution in [0.4, 0.5) is 17.3 Å². The van der Waals surface area contributed by atoms with Crippen molar-refractivity contribution in [2.45, 2.75) is 13.0 Å². The fraction of sp³-hybridized carbons (Fsp3) is 0.192. The molecule has 166 valence electrons. The molecule has 7 heteroatoms. The fourth-order valence-corrected chi connectivity index (χ4v) is 4.01. The van der Waals surface area contributed by atoms with E-state index in [1.807, 2.05) is 60.8 Å². The maximum Gasteiger partial charge on any atom is 0.227 e. The number of rotatable bonds is 5. The number of nitrogens with one attached hydrogen (secondary N) is 3. The predicted octanol–water partition coefficient (Wildman–Crippen LogP) is 4.66. The second kappa shape index (κ2) is 9.36. The molecule has 7 nitrogen and oxygen atoms in total. The summed E-state index contributed by atoms with van der Waals surface area (Å²) in [6.07, 6.45) is 1.91. The van der Waals surface area contributed by atoms with E-state index in [1.165, 1.54) is 6.92 Å². The molecule has 1 atom stereocenters. The Hall–Kier alpha value is -3.81. The first kappa shape index (κ1) is 21.1. The molecule has 1 unspecified atom stereocenters. The van der Waals surface area contributed by atoms with Gasteiger partial charge in [0.05, 0.1) is 18.2 Å². The Bertz CT molecular complexity index is 1280. The standard InChI is InChI=1S/C26H25N5O2/c1-17(32)29-22-6-2-4-19(14-22)23-7-3-5-20-15-28-26(31-25(20)23)30-21-10-8-18(9-11-21)24-16-27-12-13-33-24/h2-11,14-15,24,27H,12-13,16H2,1H3,(H,29,32)(H,28,30,31). The van der Waals surface area contributed by atoms with Crippen molar-refractivity contribution in [2.24, 2.45) is 0 Å². The fourth-order valence-electron chi connectivity index (χ4n) is 4.01. The van der Waals surface area contributed by atoms with E-state index in [0.29, 0.717) is 5.95 Å². The average molecular weight is 440 g/mol. The van der Waals surface area contributed by atoms with E-state index in [0.717, 1.165) is 58.7 Å². The summed E-state index contributed by atoms with van der Waals surface area (Å²) in [5.41, 5.74) is 5.60. The minimum Gasteiger partial charge on any atom is -0.371 e. The van der Waals surface area contributed by atoms with Gasteiger partial charge in [-0.2, -0.15) is 0 Å². The van der Waals surface area contributed by atoms with Crippen LogP contribution in [0.25, 0.3) is 22.0 Å². The monoisotopic (exact) mass is 439 g/mol. The highest BCUT2D eigenvalue weighted by molar-refractivity contribution is 5.95. The van der Waals surface area contributed by atoms with E-state index in [9.17, 15) is 4.79 Å². The molecule has 1 aliphatic heterocycles. The Morgan fingerprint density at radius 2 is 1.91 bits per heavy atom. The van der Waals surface area contributed by atoms with Crippen LogP contribution in [0.2, 0.25) is 0 Å². The van der Waals surface area contributed by atoms with Gasteiger partial charge in [0.25, 0.3) is 0 Å². The van der Waals surface area contributed by atoms with E-state index in [1.54, 1.807) is 0 Å². The summed E-state index contributed by atoms with van der Waals surface area (Å²) >= 11 is 0. The molecule has 5 rings (SSSR count). The quantitative estimate of drug-likeness (QED) is 0.419. The number of hydrogen-bond donors (Lipinski definition) is 3. The van der Waals surface area contributed by atoms with Gasteiger partial charge in [-0.15, -0.1) is 0 Å². The molecule has 4 aromatic rings. The molecular weight excluding hydrogens is 414 g/mol. The third kappa shape index (κ3) is 4.84. The third-order valence-corrected chi connectivity index (χ3v) is 5.57. The molecule has 1 aromatic heterocycles. The molecule has 0 aliphatic carbocycles. The number of morpholine rings is 1. The molecule has 1 saturated heterocycles. The lowest BCUT2D eigenvalue weighted by atomic mass is 10.0. The second-order valence-corrected chi connectivity index (χ2v) is 8.01. The summed E-state index contributed by atoms with van der Waals surface area (Å²) in [7, 11) is 0. The van der Waals surface area contributed by atoms with Crippen LogP contribution in [0.15, 0.2) is 72.9 Å². The Balaban J connectivity index is 1.42. The van der Waals surface area contributed by atoms with Gasteiger partial charge in [-0.25, -0.2) is 9.97 Å². The molecule has 3 aromatic carbocycles. The smallest absolute Gasteiger partial charge is 0.227 e. The second-order valence-electron chi connectivity index (χ2n) is 8.01. The van der Waals surface area contributed by atoms with E-state index in [-0.39, 0.29) is 12.0 Å². The van der Waals surface area contributed by atoms with Crippen LogP contribution < -0.4 is 16.0 Å². The lowest BCUT2D eigenvalue weighted by Crippen LogP contribution is -2.33. The van der Waals surface area contributed by atoms with Crippen LogP contribution in [0.5, 0.6) is 0 Å². The van der Waals surface area contributed by atoms with Gasteiger partial charge in [0.15, 0.2) is 0 Å². The molecule has 0 spiro atoms. The summed E-state index contributed by atoms with van der Waals surface area (Å²) in [5.74, 6) is 0.424.